The Kier molecular flexibility index (Phi) is 4.39. The van der Waals surface area contributed by atoms with Crippen LogP contribution in [0.2, 0.25) is 0 Å². The molecule has 0 bridgehead atoms. The number of anilines is 1. The summed E-state index contributed by atoms with van der Waals surface area (Å²) in [5.41, 5.74) is 4.92. The highest BCUT2D eigenvalue weighted by atomic mass is 16.5. The molecule has 1 aliphatic heterocycles. The van der Waals surface area contributed by atoms with Crippen LogP contribution in [0.15, 0.2) is 47.4 Å². The number of hydrogen-bond acceptors (Lipinski definition) is 5. The molecule has 27 heavy (non-hydrogen) atoms. The maximum absolute atomic E-state index is 12.5. The maximum atomic E-state index is 12.5. The minimum absolute atomic E-state index is 0.0840. The molecule has 0 radical (unpaired) electrons. The Labute approximate surface area is 157 Å². The zero-order valence-electron chi connectivity index (χ0n) is 15.4. The normalized spacial score (nSPS) is 13.5. The van der Waals surface area contributed by atoms with E-state index in [1.54, 1.807) is 22.7 Å². The second-order valence-electron chi connectivity index (χ2n) is 6.84. The molecule has 4 rings (SSSR count). The van der Waals surface area contributed by atoms with Crippen LogP contribution in [0, 0.1) is 6.92 Å². The molecule has 0 N–H and O–H groups in total. The first-order chi connectivity index (χ1) is 13.1. The van der Waals surface area contributed by atoms with E-state index in [0.717, 1.165) is 41.9 Å². The predicted molar refractivity (Wildman–Crippen MR) is 103 cm³/mol. The number of aryl methyl sites for hydroxylation is 1. The number of hydrogen-bond donors (Lipinski definition) is 0. The Hall–Kier alpha value is -3.15. The van der Waals surface area contributed by atoms with Crippen LogP contribution < -0.4 is 10.5 Å². The van der Waals surface area contributed by atoms with Gasteiger partial charge in [-0.1, -0.05) is 12.1 Å². The fourth-order valence-electron chi connectivity index (χ4n) is 3.70. The average Bonchev–Trinajstić information content (AvgIpc) is 2.68. The standard InChI is InChI=1S/C21H21N3O3/c1-14-8-9-19-22-15(11-20(25)24(19)12-14)13-23-10-4-6-16-17(21(26)27-2)5-3-7-18(16)23/h3,5,7-9,11-12H,4,6,10,13H2,1-2H3. The Balaban J connectivity index is 1.71. The van der Waals surface area contributed by atoms with Gasteiger partial charge in [0.1, 0.15) is 5.65 Å². The molecule has 0 saturated carbocycles. The Morgan fingerprint density at radius 1 is 1.26 bits per heavy atom. The number of methoxy groups -OCH3 is 1. The van der Waals surface area contributed by atoms with Crippen LogP contribution in [0.25, 0.3) is 5.65 Å². The van der Waals surface area contributed by atoms with Gasteiger partial charge in [0, 0.05) is 24.5 Å². The number of pyridine rings is 1. The first-order valence-corrected chi connectivity index (χ1v) is 9.01. The third-order valence-corrected chi connectivity index (χ3v) is 4.97. The van der Waals surface area contributed by atoms with Gasteiger partial charge in [-0.05, 0) is 49.1 Å². The zero-order chi connectivity index (χ0) is 19.0. The fraction of sp³-hybridized carbons (Fsp3) is 0.286. The quantitative estimate of drug-likeness (QED) is 0.670. The lowest BCUT2D eigenvalue weighted by atomic mass is 9.96. The number of ether oxygens (including phenoxy) is 1. The molecule has 3 aromatic rings. The smallest absolute Gasteiger partial charge is 0.338 e. The van der Waals surface area contributed by atoms with Crippen molar-refractivity contribution in [1.29, 1.82) is 0 Å². The van der Waals surface area contributed by atoms with Gasteiger partial charge in [-0.2, -0.15) is 0 Å². The van der Waals surface area contributed by atoms with Crippen molar-refractivity contribution >= 4 is 17.3 Å². The molecule has 2 aromatic heterocycles. The van der Waals surface area contributed by atoms with Crippen molar-refractivity contribution in [2.45, 2.75) is 26.3 Å². The van der Waals surface area contributed by atoms with E-state index in [0.29, 0.717) is 17.8 Å². The van der Waals surface area contributed by atoms with Crippen LogP contribution in [-0.4, -0.2) is 29.0 Å². The summed E-state index contributed by atoms with van der Waals surface area (Å²) in [6, 6.07) is 11.1. The summed E-state index contributed by atoms with van der Waals surface area (Å²) in [6.45, 7) is 3.33. The van der Waals surface area contributed by atoms with Gasteiger partial charge in [-0.3, -0.25) is 9.20 Å². The molecule has 0 aliphatic carbocycles. The summed E-state index contributed by atoms with van der Waals surface area (Å²) < 4.78 is 6.48. The molecule has 138 valence electrons. The number of carbonyl (C=O) groups is 1. The topological polar surface area (TPSA) is 63.9 Å². The monoisotopic (exact) mass is 363 g/mol. The molecule has 0 spiro atoms. The first-order valence-electron chi connectivity index (χ1n) is 9.01. The van der Waals surface area contributed by atoms with Crippen LogP contribution >= 0.6 is 0 Å². The lowest BCUT2D eigenvalue weighted by Gasteiger charge is -2.32. The van der Waals surface area contributed by atoms with Crippen molar-refractivity contribution in [3.8, 4) is 0 Å². The molecule has 0 amide bonds. The summed E-state index contributed by atoms with van der Waals surface area (Å²) >= 11 is 0. The first kappa shape index (κ1) is 17.3. The van der Waals surface area contributed by atoms with Crippen LogP contribution in [-0.2, 0) is 17.7 Å². The van der Waals surface area contributed by atoms with Crippen molar-refractivity contribution in [3.63, 3.8) is 0 Å². The summed E-state index contributed by atoms with van der Waals surface area (Å²) in [5.74, 6) is -0.314. The molecular formula is C21H21N3O3. The van der Waals surface area contributed by atoms with E-state index in [-0.39, 0.29) is 11.5 Å². The minimum Gasteiger partial charge on any atom is -0.465 e. The van der Waals surface area contributed by atoms with Crippen molar-refractivity contribution in [3.05, 3.63) is 75.3 Å². The van der Waals surface area contributed by atoms with Crippen LogP contribution in [0.3, 0.4) is 0 Å². The third-order valence-electron chi connectivity index (χ3n) is 4.97. The van der Waals surface area contributed by atoms with Gasteiger partial charge in [0.05, 0.1) is 24.9 Å². The van der Waals surface area contributed by atoms with Crippen LogP contribution in [0.5, 0.6) is 0 Å². The molecule has 6 heteroatoms. The molecule has 3 heterocycles. The SMILES string of the molecule is COC(=O)c1cccc2c1CCCN2Cc1cc(=O)n2cc(C)ccc2n1. The molecule has 6 nitrogen and oxygen atoms in total. The molecule has 0 fully saturated rings. The van der Waals surface area contributed by atoms with E-state index in [2.05, 4.69) is 9.88 Å². The lowest BCUT2D eigenvalue weighted by Crippen LogP contribution is -2.31. The highest BCUT2D eigenvalue weighted by molar-refractivity contribution is 5.93. The van der Waals surface area contributed by atoms with E-state index < -0.39 is 0 Å². The Bertz CT molecular complexity index is 1090. The largest absolute Gasteiger partial charge is 0.465 e. The van der Waals surface area contributed by atoms with Crippen LogP contribution in [0.1, 0.15) is 33.6 Å². The van der Waals surface area contributed by atoms with Gasteiger partial charge in [-0.25, -0.2) is 9.78 Å². The summed E-state index contributed by atoms with van der Waals surface area (Å²) in [6.07, 6.45) is 3.57. The van der Waals surface area contributed by atoms with E-state index >= 15 is 0 Å². The molecule has 0 atom stereocenters. The van der Waals surface area contributed by atoms with Gasteiger partial charge in [-0.15, -0.1) is 0 Å². The second kappa shape index (κ2) is 6.87. The number of aromatic nitrogens is 2. The minimum atomic E-state index is -0.314. The highest BCUT2D eigenvalue weighted by Gasteiger charge is 2.23. The van der Waals surface area contributed by atoms with Crippen molar-refractivity contribution in [1.82, 2.24) is 9.38 Å². The third kappa shape index (κ3) is 3.18. The second-order valence-corrected chi connectivity index (χ2v) is 6.84. The van der Waals surface area contributed by atoms with Gasteiger partial charge >= 0.3 is 5.97 Å². The molecule has 1 aliphatic rings. The number of fused-ring (bicyclic) bond motifs is 2. The average molecular weight is 363 g/mol. The molecule has 0 unspecified atom stereocenters. The molecule has 0 saturated heterocycles. The zero-order valence-corrected chi connectivity index (χ0v) is 15.4. The Morgan fingerprint density at radius 3 is 2.93 bits per heavy atom. The number of nitrogens with zero attached hydrogens (tertiary/aromatic N) is 3. The summed E-state index contributed by atoms with van der Waals surface area (Å²) in [4.78, 5) is 31.4. The van der Waals surface area contributed by atoms with Gasteiger partial charge in [0.2, 0.25) is 0 Å². The molecule has 1 aromatic carbocycles. The number of benzene rings is 1. The Morgan fingerprint density at radius 2 is 2.11 bits per heavy atom. The summed E-state index contributed by atoms with van der Waals surface area (Å²) in [5, 5.41) is 0. The fourth-order valence-corrected chi connectivity index (χ4v) is 3.70. The predicted octanol–water partition coefficient (Wildman–Crippen LogP) is 2.74. The maximum Gasteiger partial charge on any atom is 0.338 e. The van der Waals surface area contributed by atoms with Gasteiger partial charge < -0.3 is 9.64 Å². The van der Waals surface area contributed by atoms with Gasteiger partial charge in [0.25, 0.3) is 5.56 Å². The number of rotatable bonds is 3. The van der Waals surface area contributed by atoms with Crippen LogP contribution in [0.4, 0.5) is 5.69 Å². The van der Waals surface area contributed by atoms with Crippen molar-refractivity contribution in [2.24, 2.45) is 0 Å². The number of carbonyl (C=O) groups excluding carboxylic acids is 1. The van der Waals surface area contributed by atoms with E-state index in [4.69, 9.17) is 4.74 Å². The van der Waals surface area contributed by atoms with E-state index in [1.807, 2.05) is 31.2 Å². The molecular weight excluding hydrogens is 342 g/mol. The highest BCUT2D eigenvalue weighted by Crippen LogP contribution is 2.31. The van der Waals surface area contributed by atoms with E-state index in [1.165, 1.54) is 7.11 Å². The summed E-state index contributed by atoms with van der Waals surface area (Å²) in [7, 11) is 1.40. The lowest BCUT2D eigenvalue weighted by molar-refractivity contribution is 0.0599. The van der Waals surface area contributed by atoms with Crippen molar-refractivity contribution < 1.29 is 9.53 Å². The van der Waals surface area contributed by atoms with Crippen molar-refractivity contribution in [2.75, 3.05) is 18.6 Å². The van der Waals surface area contributed by atoms with Gasteiger partial charge in [0.15, 0.2) is 0 Å². The van der Waals surface area contributed by atoms with E-state index in [9.17, 15) is 9.59 Å². The number of esters is 1.